The van der Waals surface area contributed by atoms with Gasteiger partial charge in [-0.1, -0.05) is 0 Å². The fourth-order valence-electron chi connectivity index (χ4n) is 5.78. The van der Waals surface area contributed by atoms with Crippen LogP contribution in [-0.2, 0) is 4.79 Å². The molecule has 2 N–H and O–H groups in total. The molecule has 0 unspecified atom stereocenters. The molecule has 4 aliphatic carbocycles. The van der Waals surface area contributed by atoms with Crippen LogP contribution in [0.5, 0.6) is 0 Å². The molecule has 4 fully saturated rings. The van der Waals surface area contributed by atoms with Gasteiger partial charge in [-0.15, -0.1) is 0 Å². The van der Waals surface area contributed by atoms with Crippen LogP contribution in [0.25, 0.3) is 0 Å². The molecule has 0 spiro atoms. The highest BCUT2D eigenvalue weighted by molar-refractivity contribution is 5.95. The zero-order valence-corrected chi connectivity index (χ0v) is 14.3. The van der Waals surface area contributed by atoms with Gasteiger partial charge in [0.25, 0.3) is 5.91 Å². The van der Waals surface area contributed by atoms with Gasteiger partial charge in [0, 0.05) is 24.7 Å². The van der Waals surface area contributed by atoms with Gasteiger partial charge in [-0.2, -0.15) is 0 Å². The van der Waals surface area contributed by atoms with E-state index in [1.54, 1.807) is 24.3 Å². The van der Waals surface area contributed by atoms with E-state index < -0.39 is 0 Å². The molecule has 0 aliphatic heterocycles. The molecule has 24 heavy (non-hydrogen) atoms. The zero-order valence-electron chi connectivity index (χ0n) is 14.3. The van der Waals surface area contributed by atoms with Crippen molar-refractivity contribution in [3.8, 4) is 0 Å². The molecule has 5 rings (SSSR count). The lowest BCUT2D eigenvalue weighted by Gasteiger charge is -2.56. The number of carbonyl (C=O) groups is 2. The highest BCUT2D eigenvalue weighted by atomic mass is 16.2. The first-order chi connectivity index (χ1) is 11.5. The summed E-state index contributed by atoms with van der Waals surface area (Å²) in [6.45, 7) is 2.30. The summed E-state index contributed by atoms with van der Waals surface area (Å²) in [5, 5.41) is 5.91. The minimum absolute atomic E-state index is 0.000111. The number of rotatable bonds is 4. The minimum Gasteiger partial charge on any atom is -0.351 e. The first-order valence-electron chi connectivity index (χ1n) is 9.17. The third-order valence-corrected chi connectivity index (χ3v) is 6.26. The molecule has 128 valence electrons. The second-order valence-corrected chi connectivity index (χ2v) is 8.36. The van der Waals surface area contributed by atoms with Crippen LogP contribution in [0, 0.1) is 23.2 Å². The van der Waals surface area contributed by atoms with Crippen molar-refractivity contribution in [1.29, 1.82) is 0 Å². The van der Waals surface area contributed by atoms with Crippen molar-refractivity contribution in [3.63, 3.8) is 0 Å². The lowest BCUT2D eigenvalue weighted by Crippen LogP contribution is -2.51. The molecule has 4 bridgehead atoms. The highest BCUT2D eigenvalue weighted by Crippen LogP contribution is 2.59. The number of nitrogens with one attached hydrogen (secondary N) is 2. The van der Waals surface area contributed by atoms with E-state index in [9.17, 15) is 9.59 Å². The largest absolute Gasteiger partial charge is 0.351 e. The van der Waals surface area contributed by atoms with Crippen LogP contribution in [0.2, 0.25) is 0 Å². The van der Waals surface area contributed by atoms with Gasteiger partial charge in [-0.3, -0.25) is 9.59 Å². The van der Waals surface area contributed by atoms with E-state index in [1.807, 2.05) is 0 Å². The molecule has 2 amide bonds. The number of benzene rings is 1. The second-order valence-electron chi connectivity index (χ2n) is 8.36. The summed E-state index contributed by atoms with van der Waals surface area (Å²) in [4.78, 5) is 23.5. The van der Waals surface area contributed by atoms with Crippen LogP contribution in [0.3, 0.4) is 0 Å². The highest BCUT2D eigenvalue weighted by Gasteiger charge is 2.50. The van der Waals surface area contributed by atoms with Crippen LogP contribution >= 0.6 is 0 Å². The Labute approximate surface area is 143 Å². The Kier molecular flexibility index (Phi) is 3.86. The number of hydrogen-bond acceptors (Lipinski definition) is 2. The first-order valence-corrected chi connectivity index (χ1v) is 9.17. The molecule has 1 aromatic rings. The Bertz CT molecular complexity index is 615. The van der Waals surface area contributed by atoms with Gasteiger partial charge in [-0.25, -0.2) is 0 Å². The molecule has 0 saturated heterocycles. The van der Waals surface area contributed by atoms with Gasteiger partial charge < -0.3 is 10.6 Å². The van der Waals surface area contributed by atoms with Crippen molar-refractivity contribution >= 4 is 17.5 Å². The third kappa shape index (κ3) is 3.06. The van der Waals surface area contributed by atoms with E-state index in [0.717, 1.165) is 30.0 Å². The molecule has 1 aromatic carbocycles. The lowest BCUT2D eigenvalue weighted by atomic mass is 9.49. The zero-order chi connectivity index (χ0) is 16.7. The van der Waals surface area contributed by atoms with Gasteiger partial charge in [0.15, 0.2) is 0 Å². The summed E-state index contributed by atoms with van der Waals surface area (Å²) in [5.74, 6) is 2.62. The van der Waals surface area contributed by atoms with E-state index in [0.29, 0.717) is 11.0 Å². The van der Waals surface area contributed by atoms with Gasteiger partial charge >= 0.3 is 0 Å². The molecule has 4 heteroatoms. The van der Waals surface area contributed by atoms with Crippen LogP contribution in [0.4, 0.5) is 5.69 Å². The normalized spacial score (nSPS) is 33.3. The summed E-state index contributed by atoms with van der Waals surface area (Å²) in [6.07, 6.45) is 8.20. The molecular formula is C20H26N2O2. The van der Waals surface area contributed by atoms with Crippen LogP contribution in [-0.4, -0.2) is 18.4 Å². The second kappa shape index (κ2) is 5.91. The van der Waals surface area contributed by atoms with E-state index in [4.69, 9.17) is 0 Å². The maximum atomic E-state index is 12.5. The molecule has 4 aliphatic rings. The average molecular weight is 326 g/mol. The summed E-state index contributed by atoms with van der Waals surface area (Å²) in [5.41, 5.74) is 1.74. The summed E-state index contributed by atoms with van der Waals surface area (Å²) in [6, 6.07) is 7.11. The van der Waals surface area contributed by atoms with E-state index in [2.05, 4.69) is 10.6 Å². The van der Waals surface area contributed by atoms with E-state index >= 15 is 0 Å². The smallest absolute Gasteiger partial charge is 0.251 e. The predicted octanol–water partition coefficient (Wildman–Crippen LogP) is 3.59. The Morgan fingerprint density at radius 3 is 2.04 bits per heavy atom. The molecule has 0 atom stereocenters. The van der Waals surface area contributed by atoms with Gasteiger partial charge in [0.1, 0.15) is 0 Å². The number of hydrogen-bond donors (Lipinski definition) is 2. The fraction of sp³-hybridized carbons (Fsp3) is 0.600. The van der Waals surface area contributed by atoms with Crippen LogP contribution < -0.4 is 10.6 Å². The summed E-state index contributed by atoms with van der Waals surface area (Å²) >= 11 is 0. The average Bonchev–Trinajstić information content (AvgIpc) is 2.51. The summed E-state index contributed by atoms with van der Waals surface area (Å²) in [7, 11) is 0. The number of anilines is 1. The monoisotopic (exact) mass is 326 g/mol. The standard InChI is InChI=1S/C20H26N2O2/c1-13(23)22-18-4-2-17(3-5-18)19(24)21-12-20-9-14-6-15(10-20)8-16(7-14)11-20/h2-5,14-16H,6-12H2,1H3,(H,21,24)(H,22,23). The van der Waals surface area contributed by atoms with Crippen molar-refractivity contribution in [3.05, 3.63) is 29.8 Å². The topological polar surface area (TPSA) is 58.2 Å². The van der Waals surface area contributed by atoms with Crippen molar-refractivity contribution in [2.45, 2.75) is 45.4 Å². The predicted molar refractivity (Wildman–Crippen MR) is 93.7 cm³/mol. The number of amides is 2. The van der Waals surface area contributed by atoms with Crippen molar-refractivity contribution in [2.24, 2.45) is 23.2 Å². The van der Waals surface area contributed by atoms with Crippen molar-refractivity contribution < 1.29 is 9.59 Å². The van der Waals surface area contributed by atoms with Crippen molar-refractivity contribution in [1.82, 2.24) is 5.32 Å². The summed E-state index contributed by atoms with van der Waals surface area (Å²) < 4.78 is 0. The Morgan fingerprint density at radius 2 is 1.54 bits per heavy atom. The van der Waals surface area contributed by atoms with Crippen molar-refractivity contribution in [2.75, 3.05) is 11.9 Å². The molecule has 4 nitrogen and oxygen atoms in total. The molecule has 0 radical (unpaired) electrons. The Hall–Kier alpha value is -1.84. The van der Waals surface area contributed by atoms with Gasteiger partial charge in [0.05, 0.1) is 0 Å². The molecular weight excluding hydrogens is 300 g/mol. The lowest BCUT2D eigenvalue weighted by molar-refractivity contribution is -0.114. The van der Waals surface area contributed by atoms with Crippen LogP contribution in [0.1, 0.15) is 55.8 Å². The minimum atomic E-state index is -0.103. The molecule has 0 aromatic heterocycles. The van der Waals surface area contributed by atoms with E-state index in [1.165, 1.54) is 45.4 Å². The third-order valence-electron chi connectivity index (χ3n) is 6.26. The molecule has 0 heterocycles. The molecule has 4 saturated carbocycles. The quantitative estimate of drug-likeness (QED) is 0.888. The first kappa shape index (κ1) is 15.7. The van der Waals surface area contributed by atoms with Gasteiger partial charge in [-0.05, 0) is 86.0 Å². The number of carbonyl (C=O) groups excluding carboxylic acids is 2. The fourth-order valence-corrected chi connectivity index (χ4v) is 5.78. The maximum absolute atomic E-state index is 12.5. The maximum Gasteiger partial charge on any atom is 0.251 e. The van der Waals surface area contributed by atoms with Crippen LogP contribution in [0.15, 0.2) is 24.3 Å². The Balaban J connectivity index is 1.37. The van der Waals surface area contributed by atoms with E-state index in [-0.39, 0.29) is 11.8 Å². The SMILES string of the molecule is CC(=O)Nc1ccc(C(=O)NCC23CC4CC(CC(C4)C2)C3)cc1. The Morgan fingerprint density at radius 1 is 1.00 bits per heavy atom. The van der Waals surface area contributed by atoms with Gasteiger partial charge in [0.2, 0.25) is 5.91 Å².